The van der Waals surface area contributed by atoms with E-state index in [0.29, 0.717) is 39.0 Å². The highest BCUT2D eigenvalue weighted by Crippen LogP contribution is 2.43. The van der Waals surface area contributed by atoms with Crippen LogP contribution in [0.3, 0.4) is 0 Å². The van der Waals surface area contributed by atoms with Crippen LogP contribution < -0.4 is 0 Å². The van der Waals surface area contributed by atoms with Crippen LogP contribution in [0.1, 0.15) is 19.3 Å². The lowest BCUT2D eigenvalue weighted by Crippen LogP contribution is -2.57. The van der Waals surface area contributed by atoms with E-state index in [9.17, 15) is 14.4 Å². The van der Waals surface area contributed by atoms with Crippen molar-refractivity contribution in [2.45, 2.75) is 19.3 Å². The summed E-state index contributed by atoms with van der Waals surface area (Å²) in [4.78, 5) is 38.1. The summed E-state index contributed by atoms with van der Waals surface area (Å²) in [6, 6.07) is 0. The first-order valence-corrected chi connectivity index (χ1v) is 6.21. The molecule has 2 amide bonds. The third-order valence-electron chi connectivity index (χ3n) is 3.94. The molecule has 0 bridgehead atoms. The minimum absolute atomic E-state index is 0.133. The van der Waals surface area contributed by atoms with Crippen molar-refractivity contribution in [2.24, 2.45) is 5.41 Å². The van der Waals surface area contributed by atoms with E-state index in [4.69, 9.17) is 4.74 Å². The zero-order valence-electron chi connectivity index (χ0n) is 10.6. The third-order valence-corrected chi connectivity index (χ3v) is 3.94. The molecular weight excluding hydrogens is 236 g/mol. The van der Waals surface area contributed by atoms with Gasteiger partial charge in [-0.25, -0.2) is 0 Å². The Labute approximate surface area is 106 Å². The normalized spacial score (nSPS) is 22.1. The van der Waals surface area contributed by atoms with Crippen LogP contribution >= 0.6 is 0 Å². The first-order chi connectivity index (χ1) is 8.64. The molecule has 6 heteroatoms. The van der Waals surface area contributed by atoms with Gasteiger partial charge in [0.2, 0.25) is 12.3 Å². The number of methoxy groups -OCH3 is 1. The molecule has 0 unspecified atom stereocenters. The highest BCUT2D eigenvalue weighted by atomic mass is 16.5. The van der Waals surface area contributed by atoms with Crippen LogP contribution in [0.5, 0.6) is 0 Å². The largest absolute Gasteiger partial charge is 0.468 e. The average molecular weight is 254 g/mol. The molecule has 0 aromatic rings. The Morgan fingerprint density at radius 1 is 1.17 bits per heavy atom. The number of rotatable bonds is 3. The minimum Gasteiger partial charge on any atom is -0.468 e. The van der Waals surface area contributed by atoms with Gasteiger partial charge in [-0.1, -0.05) is 6.42 Å². The van der Waals surface area contributed by atoms with Gasteiger partial charge in [0, 0.05) is 26.2 Å². The van der Waals surface area contributed by atoms with Gasteiger partial charge < -0.3 is 14.5 Å². The molecule has 6 nitrogen and oxygen atoms in total. The van der Waals surface area contributed by atoms with E-state index >= 15 is 0 Å². The van der Waals surface area contributed by atoms with E-state index in [-0.39, 0.29) is 5.91 Å². The maximum atomic E-state index is 12.4. The fraction of sp³-hybridized carbons (Fsp3) is 0.750. The van der Waals surface area contributed by atoms with E-state index < -0.39 is 11.4 Å². The van der Waals surface area contributed by atoms with Crippen LogP contribution in [0.4, 0.5) is 0 Å². The standard InChI is InChI=1S/C12H18N2O4/c1-18-11(17)12(3-2-4-12)10(16)14-7-5-13(9-15)6-8-14/h9H,2-8H2,1H3. The van der Waals surface area contributed by atoms with Gasteiger partial charge in [0.05, 0.1) is 7.11 Å². The number of piperazine rings is 1. The number of esters is 1. The monoisotopic (exact) mass is 254 g/mol. The quantitative estimate of drug-likeness (QED) is 0.391. The lowest BCUT2D eigenvalue weighted by molar-refractivity contribution is -0.171. The number of amides is 2. The van der Waals surface area contributed by atoms with Crippen molar-refractivity contribution in [3.8, 4) is 0 Å². The summed E-state index contributed by atoms with van der Waals surface area (Å²) in [6.45, 7) is 2.06. The summed E-state index contributed by atoms with van der Waals surface area (Å²) in [5.74, 6) is -0.553. The first kappa shape index (κ1) is 12.9. The summed E-state index contributed by atoms with van der Waals surface area (Å²) in [5, 5.41) is 0. The zero-order chi connectivity index (χ0) is 13.2. The van der Waals surface area contributed by atoms with Crippen molar-refractivity contribution in [1.29, 1.82) is 0 Å². The van der Waals surface area contributed by atoms with Gasteiger partial charge in [-0.2, -0.15) is 0 Å². The molecule has 100 valence electrons. The smallest absolute Gasteiger partial charge is 0.321 e. The molecule has 18 heavy (non-hydrogen) atoms. The molecule has 0 aromatic carbocycles. The topological polar surface area (TPSA) is 66.9 Å². The molecular formula is C12H18N2O4. The SMILES string of the molecule is COC(=O)C1(C(=O)N2CCN(C=O)CC2)CCC1. The van der Waals surface area contributed by atoms with E-state index in [0.717, 1.165) is 12.8 Å². The van der Waals surface area contributed by atoms with Gasteiger partial charge in [-0.3, -0.25) is 14.4 Å². The van der Waals surface area contributed by atoms with Gasteiger partial charge in [0.1, 0.15) is 5.41 Å². The van der Waals surface area contributed by atoms with Crippen LogP contribution in [-0.2, 0) is 19.1 Å². The van der Waals surface area contributed by atoms with Crippen molar-refractivity contribution in [1.82, 2.24) is 9.80 Å². The number of ether oxygens (including phenoxy) is 1. The van der Waals surface area contributed by atoms with Gasteiger partial charge >= 0.3 is 5.97 Å². The Hall–Kier alpha value is -1.59. The van der Waals surface area contributed by atoms with E-state index in [1.165, 1.54) is 7.11 Å². The highest BCUT2D eigenvalue weighted by Gasteiger charge is 2.53. The lowest BCUT2D eigenvalue weighted by Gasteiger charge is -2.43. The molecule has 0 N–H and O–H groups in total. The van der Waals surface area contributed by atoms with Crippen molar-refractivity contribution < 1.29 is 19.1 Å². The Morgan fingerprint density at radius 2 is 1.78 bits per heavy atom. The fourth-order valence-corrected chi connectivity index (χ4v) is 2.56. The summed E-state index contributed by atoms with van der Waals surface area (Å²) in [7, 11) is 1.32. The van der Waals surface area contributed by atoms with Gasteiger partial charge in [-0.05, 0) is 12.8 Å². The van der Waals surface area contributed by atoms with E-state index in [1.807, 2.05) is 0 Å². The minimum atomic E-state index is -0.946. The van der Waals surface area contributed by atoms with Crippen LogP contribution in [0.25, 0.3) is 0 Å². The summed E-state index contributed by atoms with van der Waals surface area (Å²) in [6.07, 6.45) is 2.83. The van der Waals surface area contributed by atoms with Gasteiger partial charge in [-0.15, -0.1) is 0 Å². The maximum absolute atomic E-state index is 12.4. The molecule has 0 atom stereocenters. The predicted octanol–water partition coefficient (Wildman–Crippen LogP) is -0.370. The average Bonchev–Trinajstić information content (AvgIpc) is 2.37. The molecule has 0 spiro atoms. The second-order valence-electron chi connectivity index (χ2n) is 4.86. The van der Waals surface area contributed by atoms with Crippen molar-refractivity contribution in [3.05, 3.63) is 0 Å². The molecule has 2 aliphatic rings. The molecule has 1 heterocycles. The molecule has 1 saturated carbocycles. The van der Waals surface area contributed by atoms with Crippen LogP contribution in [0, 0.1) is 5.41 Å². The Morgan fingerprint density at radius 3 is 2.17 bits per heavy atom. The number of hydrogen-bond acceptors (Lipinski definition) is 4. The molecule has 2 fully saturated rings. The summed E-state index contributed by atoms with van der Waals surface area (Å²) < 4.78 is 4.76. The molecule has 0 aromatic heterocycles. The second-order valence-corrected chi connectivity index (χ2v) is 4.86. The van der Waals surface area contributed by atoms with Crippen molar-refractivity contribution in [2.75, 3.05) is 33.3 Å². The fourth-order valence-electron chi connectivity index (χ4n) is 2.56. The summed E-state index contributed by atoms with van der Waals surface area (Å²) >= 11 is 0. The number of nitrogens with zero attached hydrogens (tertiary/aromatic N) is 2. The third kappa shape index (κ3) is 1.95. The second kappa shape index (κ2) is 4.96. The number of carbonyl (C=O) groups excluding carboxylic acids is 3. The molecule has 1 saturated heterocycles. The Bertz CT molecular complexity index is 357. The summed E-state index contributed by atoms with van der Waals surface area (Å²) in [5.41, 5.74) is -0.946. The number of hydrogen-bond donors (Lipinski definition) is 0. The maximum Gasteiger partial charge on any atom is 0.321 e. The number of carbonyl (C=O) groups is 3. The zero-order valence-corrected chi connectivity index (χ0v) is 10.6. The van der Waals surface area contributed by atoms with E-state index in [2.05, 4.69) is 0 Å². The van der Waals surface area contributed by atoms with Crippen molar-refractivity contribution >= 4 is 18.3 Å². The Kier molecular flexibility index (Phi) is 3.54. The molecule has 0 radical (unpaired) electrons. The molecule has 2 rings (SSSR count). The van der Waals surface area contributed by atoms with Gasteiger partial charge in [0.25, 0.3) is 0 Å². The Balaban J connectivity index is 2.02. The lowest BCUT2D eigenvalue weighted by atomic mass is 9.67. The molecule has 1 aliphatic carbocycles. The highest BCUT2D eigenvalue weighted by molar-refractivity contribution is 6.03. The van der Waals surface area contributed by atoms with Crippen LogP contribution in [-0.4, -0.2) is 61.4 Å². The van der Waals surface area contributed by atoms with Crippen LogP contribution in [0.2, 0.25) is 0 Å². The predicted molar refractivity (Wildman–Crippen MR) is 62.5 cm³/mol. The molecule has 1 aliphatic heterocycles. The van der Waals surface area contributed by atoms with Crippen LogP contribution in [0.15, 0.2) is 0 Å². The first-order valence-electron chi connectivity index (χ1n) is 6.21. The van der Waals surface area contributed by atoms with E-state index in [1.54, 1.807) is 9.80 Å². The van der Waals surface area contributed by atoms with Crippen molar-refractivity contribution in [3.63, 3.8) is 0 Å². The van der Waals surface area contributed by atoms with Gasteiger partial charge in [0.15, 0.2) is 0 Å².